The van der Waals surface area contributed by atoms with E-state index in [1.54, 1.807) is 0 Å². The molecule has 3 rings (SSSR count). The van der Waals surface area contributed by atoms with Crippen molar-refractivity contribution in [3.63, 3.8) is 0 Å². The summed E-state index contributed by atoms with van der Waals surface area (Å²) in [6, 6.07) is -0.901. The Bertz CT molecular complexity index is 627. The minimum atomic E-state index is -1.83. The summed E-state index contributed by atoms with van der Waals surface area (Å²) in [6.07, 6.45) is -21.4. The van der Waals surface area contributed by atoms with Gasteiger partial charge in [0.05, 0.1) is 25.4 Å². The minimum Gasteiger partial charge on any atom is -0.394 e. The molecule has 3 heterocycles. The van der Waals surface area contributed by atoms with Crippen molar-refractivity contribution in [2.75, 3.05) is 13.2 Å². The van der Waals surface area contributed by atoms with Gasteiger partial charge in [-0.25, -0.2) is 0 Å². The summed E-state index contributed by atoms with van der Waals surface area (Å²) in [7, 11) is 0. The molecule has 0 spiro atoms. The predicted molar refractivity (Wildman–Crippen MR) is 102 cm³/mol. The van der Waals surface area contributed by atoms with E-state index in [9.17, 15) is 46.0 Å². The van der Waals surface area contributed by atoms with E-state index in [4.69, 9.17) is 29.4 Å². The molecule has 7 unspecified atom stereocenters. The maximum Gasteiger partial charge on any atom is 0.187 e. The lowest BCUT2D eigenvalue weighted by Crippen LogP contribution is -2.66. The Hall–Kier alpha value is -0.600. The van der Waals surface area contributed by atoms with Crippen LogP contribution in [0.3, 0.4) is 0 Å². The van der Waals surface area contributed by atoms with E-state index in [1.165, 1.54) is 6.92 Å². The number of hydrogen-bond acceptors (Lipinski definition) is 15. The van der Waals surface area contributed by atoms with Crippen molar-refractivity contribution in [3.8, 4) is 0 Å². The highest BCUT2D eigenvalue weighted by Crippen LogP contribution is 2.31. The maximum atomic E-state index is 10.6. The van der Waals surface area contributed by atoms with Gasteiger partial charge < -0.3 is 75.4 Å². The molecule has 3 aliphatic rings. The fraction of sp³-hybridized carbons (Fsp3) is 1.00. The van der Waals surface area contributed by atoms with E-state index < -0.39 is 105 Å². The first kappa shape index (κ1) is 27.0. The first-order valence-electron chi connectivity index (χ1n) is 10.5. The molecule has 0 aromatic rings. The highest BCUT2D eigenvalue weighted by molar-refractivity contribution is 4.96. The van der Waals surface area contributed by atoms with Gasteiger partial charge in [-0.05, 0) is 6.92 Å². The molecule has 3 aliphatic heterocycles. The van der Waals surface area contributed by atoms with Crippen LogP contribution < -0.4 is 5.73 Å². The van der Waals surface area contributed by atoms with Gasteiger partial charge in [-0.1, -0.05) is 0 Å². The summed E-state index contributed by atoms with van der Waals surface area (Å²) in [5.41, 5.74) is 5.73. The van der Waals surface area contributed by atoms with Crippen molar-refractivity contribution in [2.24, 2.45) is 5.73 Å². The molecule has 0 aromatic heterocycles. The van der Waals surface area contributed by atoms with Crippen molar-refractivity contribution < 1.29 is 69.6 Å². The number of nitrogens with two attached hydrogens (primary N) is 1. The van der Waals surface area contributed by atoms with E-state index in [-0.39, 0.29) is 0 Å². The highest BCUT2D eigenvalue weighted by Gasteiger charge is 2.52. The highest BCUT2D eigenvalue weighted by atomic mass is 16.7. The SMILES string of the molecule is CC1O[C@H](O[C@@H]2C(CO)O[C@H](O[C@@H]3C(CO)OC(O)C(O)[C@H]3O)C(O)[C@H]2O)C(O)[C@@H](O)[C@@H]1N. The van der Waals surface area contributed by atoms with Gasteiger partial charge in [0.2, 0.25) is 0 Å². The lowest BCUT2D eigenvalue weighted by molar-refractivity contribution is -0.373. The molecule has 0 aliphatic carbocycles. The van der Waals surface area contributed by atoms with Crippen LogP contribution in [0.5, 0.6) is 0 Å². The van der Waals surface area contributed by atoms with E-state index in [0.717, 1.165) is 0 Å². The van der Waals surface area contributed by atoms with Crippen LogP contribution in [0, 0.1) is 0 Å². The summed E-state index contributed by atoms with van der Waals surface area (Å²) in [6.45, 7) is 0.0570. The molecule has 194 valence electrons. The molecule has 0 saturated carbocycles. The van der Waals surface area contributed by atoms with Crippen molar-refractivity contribution >= 4 is 0 Å². The average Bonchev–Trinajstić information content (AvgIpc) is 2.80. The zero-order valence-corrected chi connectivity index (χ0v) is 17.7. The molecule has 3 fully saturated rings. The van der Waals surface area contributed by atoms with Gasteiger partial charge in [-0.15, -0.1) is 0 Å². The molecule has 0 radical (unpaired) electrons. The van der Waals surface area contributed by atoms with Gasteiger partial charge in [-0.2, -0.15) is 0 Å². The van der Waals surface area contributed by atoms with Gasteiger partial charge in [0.25, 0.3) is 0 Å². The third kappa shape index (κ3) is 5.32. The molecule has 33 heavy (non-hydrogen) atoms. The maximum absolute atomic E-state index is 10.6. The van der Waals surface area contributed by atoms with Crippen molar-refractivity contribution in [2.45, 2.75) is 99.0 Å². The Morgan fingerprint density at radius 1 is 0.636 bits per heavy atom. The Morgan fingerprint density at radius 2 is 1.09 bits per heavy atom. The second kappa shape index (κ2) is 11.0. The molecule has 0 aromatic carbocycles. The zero-order chi connectivity index (χ0) is 24.6. The third-order valence-corrected chi connectivity index (χ3v) is 6.16. The van der Waals surface area contributed by atoms with Gasteiger partial charge >= 0.3 is 0 Å². The smallest absolute Gasteiger partial charge is 0.187 e. The Morgan fingerprint density at radius 3 is 1.64 bits per heavy atom. The Labute approximate surface area is 188 Å². The van der Waals surface area contributed by atoms with Crippen LogP contribution in [0.15, 0.2) is 0 Å². The van der Waals surface area contributed by atoms with Crippen LogP contribution >= 0.6 is 0 Å². The predicted octanol–water partition coefficient (Wildman–Crippen LogP) is -6.58. The largest absolute Gasteiger partial charge is 0.394 e. The molecule has 11 N–H and O–H groups in total. The summed E-state index contributed by atoms with van der Waals surface area (Å²) < 4.78 is 26.8. The normalized spacial score (nSPS) is 53.7. The molecular formula is C18H33NO14. The number of aliphatic hydroxyl groups excluding tert-OH is 9. The van der Waals surface area contributed by atoms with Crippen LogP contribution in [0.2, 0.25) is 0 Å². The van der Waals surface area contributed by atoms with Crippen LogP contribution in [0.4, 0.5) is 0 Å². The fourth-order valence-electron chi connectivity index (χ4n) is 4.04. The van der Waals surface area contributed by atoms with Gasteiger partial charge in [0.15, 0.2) is 18.9 Å². The average molecular weight is 487 g/mol. The summed E-state index contributed by atoms with van der Waals surface area (Å²) in [4.78, 5) is 0. The van der Waals surface area contributed by atoms with Crippen molar-refractivity contribution in [1.29, 1.82) is 0 Å². The first-order valence-corrected chi connectivity index (χ1v) is 10.5. The lowest BCUT2D eigenvalue weighted by Gasteiger charge is -2.47. The summed E-state index contributed by atoms with van der Waals surface area (Å²) >= 11 is 0. The van der Waals surface area contributed by atoms with Crippen molar-refractivity contribution in [1.82, 2.24) is 0 Å². The second-order valence-electron chi connectivity index (χ2n) is 8.41. The molecular weight excluding hydrogens is 454 g/mol. The molecule has 0 amide bonds. The summed E-state index contributed by atoms with van der Waals surface area (Å²) in [5, 5.41) is 90.2. The van der Waals surface area contributed by atoms with Crippen LogP contribution in [-0.4, -0.2) is 151 Å². The van der Waals surface area contributed by atoms with Crippen LogP contribution in [0.1, 0.15) is 6.92 Å². The standard InChI is InChI=1S/C18H33NO14/c1-4-7(19)8(22)12(26)17(29-4)32-15-6(3-21)31-18(13(27)10(15)24)33-14-5(2-20)30-16(28)11(25)9(14)23/h4-18,20-28H,2-3,19H2,1H3/t4?,5?,6?,7-,8+,9-,10-,11?,12?,13?,14-,15-,16?,17-,18-/m1/s1. The van der Waals surface area contributed by atoms with Gasteiger partial charge in [-0.3, -0.25) is 0 Å². The van der Waals surface area contributed by atoms with Crippen LogP contribution in [-0.2, 0) is 23.7 Å². The zero-order valence-electron chi connectivity index (χ0n) is 17.7. The number of hydrogen-bond donors (Lipinski definition) is 10. The topological polar surface area (TPSA) is 254 Å². The van der Waals surface area contributed by atoms with E-state index in [0.29, 0.717) is 0 Å². The Kier molecular flexibility index (Phi) is 8.99. The summed E-state index contributed by atoms with van der Waals surface area (Å²) in [5.74, 6) is 0. The second-order valence-corrected chi connectivity index (χ2v) is 8.41. The minimum absolute atomic E-state index is 0.728. The molecule has 0 bridgehead atoms. The number of rotatable bonds is 6. The first-order chi connectivity index (χ1) is 15.5. The Balaban J connectivity index is 1.71. The monoisotopic (exact) mass is 487 g/mol. The van der Waals surface area contributed by atoms with Gasteiger partial charge in [0, 0.05) is 0 Å². The number of aliphatic hydroxyl groups is 9. The molecule has 15 heteroatoms. The molecule has 15 nitrogen and oxygen atoms in total. The quantitative estimate of drug-likeness (QED) is 0.167. The van der Waals surface area contributed by atoms with Gasteiger partial charge in [0.1, 0.15) is 61.0 Å². The fourth-order valence-corrected chi connectivity index (χ4v) is 4.04. The molecule has 3 saturated heterocycles. The van der Waals surface area contributed by atoms with E-state index in [2.05, 4.69) is 0 Å². The van der Waals surface area contributed by atoms with Crippen molar-refractivity contribution in [3.05, 3.63) is 0 Å². The lowest BCUT2D eigenvalue weighted by atomic mass is 9.96. The molecule has 15 atom stereocenters. The number of ether oxygens (including phenoxy) is 5. The van der Waals surface area contributed by atoms with E-state index in [1.807, 2.05) is 0 Å². The van der Waals surface area contributed by atoms with Crippen LogP contribution in [0.25, 0.3) is 0 Å². The van der Waals surface area contributed by atoms with E-state index >= 15 is 0 Å². The third-order valence-electron chi connectivity index (χ3n) is 6.16.